The predicted octanol–water partition coefficient (Wildman–Crippen LogP) is 4.69. The number of hydrogen-bond donors (Lipinski definition) is 0. The van der Waals surface area contributed by atoms with Crippen LogP contribution >= 0.6 is 0 Å². The second-order valence-electron chi connectivity index (χ2n) is 8.16. The highest BCUT2D eigenvalue weighted by Gasteiger charge is 2.34. The first kappa shape index (κ1) is 25.5. The number of Topliss-reactive ketones (excluding diaryl/α,β-unsaturated/α-hetero) is 2. The van der Waals surface area contributed by atoms with Crippen molar-refractivity contribution in [2.45, 2.75) is 33.1 Å². The summed E-state index contributed by atoms with van der Waals surface area (Å²) in [7, 11) is 0. The minimum absolute atomic E-state index is 0.244. The molecule has 0 spiro atoms. The van der Waals surface area contributed by atoms with Gasteiger partial charge in [0.1, 0.15) is 24.7 Å². The smallest absolute Gasteiger partial charge is 0.191 e. The molecule has 0 radical (unpaired) electrons. The van der Waals surface area contributed by atoms with Gasteiger partial charge in [-0.15, -0.1) is 0 Å². The van der Waals surface area contributed by atoms with Gasteiger partial charge in [-0.3, -0.25) is 19.2 Å². The van der Waals surface area contributed by atoms with E-state index in [0.29, 0.717) is 34.8 Å². The molecule has 0 unspecified atom stereocenters. The van der Waals surface area contributed by atoms with Crippen LogP contribution in [0.3, 0.4) is 0 Å². The molecule has 33 heavy (non-hydrogen) atoms. The summed E-state index contributed by atoms with van der Waals surface area (Å²) in [6, 6.07) is 10.2. The molecule has 0 aliphatic heterocycles. The number of aldehydes is 2. The lowest BCUT2D eigenvalue weighted by Crippen LogP contribution is -2.24. The maximum absolute atomic E-state index is 12.8. The molecule has 0 aromatic heterocycles. The van der Waals surface area contributed by atoms with Crippen LogP contribution in [0, 0.1) is 0 Å². The quantitative estimate of drug-likeness (QED) is 0.266. The Labute approximate surface area is 193 Å². The first-order chi connectivity index (χ1) is 15.6. The fourth-order valence-corrected chi connectivity index (χ4v) is 3.57. The van der Waals surface area contributed by atoms with Crippen molar-refractivity contribution in [3.8, 4) is 11.5 Å². The molecule has 0 saturated heterocycles. The zero-order valence-electron chi connectivity index (χ0n) is 19.4. The number of rotatable bonds is 12. The van der Waals surface area contributed by atoms with Gasteiger partial charge in [-0.25, -0.2) is 0 Å². The third-order valence-corrected chi connectivity index (χ3v) is 5.23. The van der Waals surface area contributed by atoms with Gasteiger partial charge >= 0.3 is 0 Å². The number of hydrogen-bond acceptors (Lipinski definition) is 6. The fraction of sp³-hybridized carbons (Fsp3) is 0.259. The Morgan fingerprint density at radius 3 is 1.45 bits per heavy atom. The fourth-order valence-electron chi connectivity index (χ4n) is 3.57. The van der Waals surface area contributed by atoms with Crippen LogP contribution in [0.25, 0.3) is 0 Å². The van der Waals surface area contributed by atoms with Crippen molar-refractivity contribution in [3.05, 3.63) is 83.0 Å². The van der Waals surface area contributed by atoms with E-state index < -0.39 is 5.41 Å². The van der Waals surface area contributed by atoms with Crippen LogP contribution in [-0.4, -0.2) is 37.4 Å². The van der Waals surface area contributed by atoms with E-state index in [0.717, 1.165) is 0 Å². The first-order valence-electron chi connectivity index (χ1n) is 10.4. The largest absolute Gasteiger partial charge is 0.485 e. The summed E-state index contributed by atoms with van der Waals surface area (Å²) in [5.41, 5.74) is 1.56. The highest BCUT2D eigenvalue weighted by molar-refractivity contribution is 6.11. The Hall–Kier alpha value is -3.80. The summed E-state index contributed by atoms with van der Waals surface area (Å²) in [5.74, 6) is -0.115. The van der Waals surface area contributed by atoms with E-state index in [4.69, 9.17) is 9.47 Å². The topological polar surface area (TPSA) is 86.7 Å². The number of ketones is 2. The minimum Gasteiger partial charge on any atom is -0.485 e. The summed E-state index contributed by atoms with van der Waals surface area (Å²) >= 11 is 0. The van der Waals surface area contributed by atoms with Crippen LogP contribution in [0.2, 0.25) is 0 Å². The molecule has 0 heterocycles. The van der Waals surface area contributed by atoms with Crippen LogP contribution in [0.5, 0.6) is 11.5 Å². The Bertz CT molecular complexity index is 1040. The molecule has 6 nitrogen and oxygen atoms in total. The van der Waals surface area contributed by atoms with E-state index in [9.17, 15) is 19.2 Å². The monoisotopic (exact) mass is 448 g/mol. The number of benzene rings is 2. The van der Waals surface area contributed by atoms with Crippen LogP contribution in [-0.2, 0) is 15.0 Å². The van der Waals surface area contributed by atoms with Gasteiger partial charge in [0, 0.05) is 16.5 Å². The van der Waals surface area contributed by atoms with Gasteiger partial charge in [-0.1, -0.05) is 51.3 Å². The summed E-state index contributed by atoms with van der Waals surface area (Å²) in [4.78, 5) is 47.7. The number of para-hydroxylation sites is 2. The van der Waals surface area contributed by atoms with Crippen molar-refractivity contribution in [3.63, 3.8) is 0 Å². The van der Waals surface area contributed by atoms with Gasteiger partial charge < -0.3 is 9.47 Å². The van der Waals surface area contributed by atoms with E-state index in [-0.39, 0.29) is 47.4 Å². The lowest BCUT2D eigenvalue weighted by Gasteiger charge is -2.31. The predicted molar refractivity (Wildman–Crippen MR) is 126 cm³/mol. The third-order valence-electron chi connectivity index (χ3n) is 5.23. The molecule has 0 saturated carbocycles. The van der Waals surface area contributed by atoms with Gasteiger partial charge in [-0.05, 0) is 37.1 Å². The van der Waals surface area contributed by atoms with Crippen molar-refractivity contribution >= 4 is 24.1 Å². The molecule has 0 fully saturated rings. The number of carbonyl (C=O) groups excluding carboxylic acids is 4. The van der Waals surface area contributed by atoms with E-state index in [1.54, 1.807) is 50.2 Å². The molecule has 0 N–H and O–H groups in total. The second kappa shape index (κ2) is 10.7. The number of allylic oxidation sites excluding steroid dienone is 2. The molecule has 0 bridgehead atoms. The molecular weight excluding hydrogens is 420 g/mol. The summed E-state index contributed by atoms with van der Waals surface area (Å²) in [5, 5.41) is 0. The average molecular weight is 449 g/mol. The maximum Gasteiger partial charge on any atom is 0.191 e. The molecule has 6 heteroatoms. The lowest BCUT2D eigenvalue weighted by molar-refractivity contribution is -0.110. The maximum atomic E-state index is 12.8. The highest BCUT2D eigenvalue weighted by atomic mass is 16.5. The zero-order chi connectivity index (χ0) is 24.8. The van der Waals surface area contributed by atoms with Gasteiger partial charge in [-0.2, -0.15) is 0 Å². The Balaban J connectivity index is 2.83. The van der Waals surface area contributed by atoms with Gasteiger partial charge in [0.2, 0.25) is 0 Å². The van der Waals surface area contributed by atoms with Crippen LogP contribution in [0.4, 0.5) is 0 Å². The second-order valence-corrected chi connectivity index (χ2v) is 8.16. The zero-order valence-corrected chi connectivity index (χ0v) is 19.4. The van der Waals surface area contributed by atoms with Crippen molar-refractivity contribution < 1.29 is 28.7 Å². The Morgan fingerprint density at radius 1 is 0.788 bits per heavy atom. The molecule has 2 aromatic carbocycles. The third kappa shape index (κ3) is 5.34. The Morgan fingerprint density at radius 2 is 1.15 bits per heavy atom. The molecule has 0 aliphatic rings. The van der Waals surface area contributed by atoms with Crippen LogP contribution in [0.1, 0.15) is 59.5 Å². The number of ether oxygens (including phenoxy) is 2. The molecule has 0 amide bonds. The Kier molecular flexibility index (Phi) is 8.24. The summed E-state index contributed by atoms with van der Waals surface area (Å²) in [6.07, 6.45) is 1.20. The van der Waals surface area contributed by atoms with Crippen molar-refractivity contribution in [1.29, 1.82) is 0 Å². The van der Waals surface area contributed by atoms with Crippen molar-refractivity contribution in [1.82, 2.24) is 0 Å². The van der Waals surface area contributed by atoms with E-state index in [1.165, 1.54) is 0 Å². The van der Waals surface area contributed by atoms with E-state index >= 15 is 0 Å². The molecule has 2 aromatic rings. The van der Waals surface area contributed by atoms with E-state index in [1.807, 2.05) is 13.8 Å². The van der Waals surface area contributed by atoms with Gasteiger partial charge in [0.05, 0.1) is 11.1 Å². The lowest BCUT2D eigenvalue weighted by atomic mass is 9.75. The molecule has 172 valence electrons. The highest BCUT2D eigenvalue weighted by Crippen LogP contribution is 2.44. The van der Waals surface area contributed by atoms with E-state index in [2.05, 4.69) is 13.2 Å². The molecule has 2 rings (SSSR count). The molecule has 0 atom stereocenters. The normalized spacial score (nSPS) is 10.8. The minimum atomic E-state index is -0.854. The summed E-state index contributed by atoms with van der Waals surface area (Å²) < 4.78 is 11.5. The van der Waals surface area contributed by atoms with Crippen molar-refractivity contribution in [2.24, 2.45) is 0 Å². The van der Waals surface area contributed by atoms with Crippen LogP contribution in [0.15, 0.2) is 60.7 Å². The molecular formula is C27H28O6. The van der Waals surface area contributed by atoms with Gasteiger partial charge in [0.25, 0.3) is 0 Å². The molecule has 0 aliphatic carbocycles. The van der Waals surface area contributed by atoms with Crippen molar-refractivity contribution in [2.75, 3.05) is 13.2 Å². The average Bonchev–Trinajstić information content (AvgIpc) is 2.79. The first-order valence-corrected chi connectivity index (χ1v) is 10.4. The SMILES string of the molecule is C=C(C)C(=O)c1cccc(C(C)(C)c2cccc(C(=O)C(=C)C)c2OCC=O)c1OCC=O. The van der Waals surface area contributed by atoms with Crippen LogP contribution < -0.4 is 9.47 Å². The van der Waals surface area contributed by atoms with Gasteiger partial charge in [0.15, 0.2) is 24.1 Å². The number of carbonyl (C=O) groups is 4. The standard InChI is InChI=1S/C27H28O6/c1-17(2)23(30)19-9-7-11-21(25(19)32-15-13-28)27(5,6)22-12-8-10-20(24(31)18(3)4)26(22)33-16-14-29/h7-14H,1,3,15-16H2,2,4-6H3. The summed E-state index contributed by atoms with van der Waals surface area (Å²) in [6.45, 7) is 13.9.